The quantitative estimate of drug-likeness (QED) is 0.344. The van der Waals surface area contributed by atoms with Crippen LogP contribution in [-0.4, -0.2) is 6.61 Å². The Balaban J connectivity index is 1.50. The van der Waals surface area contributed by atoms with Crippen LogP contribution < -0.4 is 4.74 Å². The van der Waals surface area contributed by atoms with Crippen molar-refractivity contribution in [3.05, 3.63) is 64.5 Å². The summed E-state index contributed by atoms with van der Waals surface area (Å²) in [7, 11) is 0. The molecular weight excluding hydrogens is 397 g/mol. The molecule has 0 N–H and O–H groups in total. The van der Waals surface area contributed by atoms with Gasteiger partial charge in [-0.05, 0) is 98.9 Å². The molecule has 4 heteroatoms. The maximum absolute atomic E-state index is 14.5. The van der Waals surface area contributed by atoms with Gasteiger partial charge in [-0.2, -0.15) is 4.39 Å². The highest BCUT2D eigenvalue weighted by molar-refractivity contribution is 5.33. The molecule has 1 aliphatic rings. The van der Waals surface area contributed by atoms with Crippen molar-refractivity contribution in [3.63, 3.8) is 0 Å². The van der Waals surface area contributed by atoms with E-state index in [9.17, 15) is 13.2 Å². The topological polar surface area (TPSA) is 9.23 Å². The number of benzene rings is 2. The lowest BCUT2D eigenvalue weighted by molar-refractivity contribution is 0.297. The standard InChI is InChI=1S/C27H35F3O/c1-3-5-6-7-22-15-12-20(18-24(22)28)9-8-19-10-13-21(14-11-19)23-16-17-25(31-4-2)27(30)26(23)29/h12,15-19,21H,3-11,13-14H2,1-2H3. The second-order valence-corrected chi connectivity index (χ2v) is 8.85. The van der Waals surface area contributed by atoms with Crippen LogP contribution in [0.5, 0.6) is 5.75 Å². The summed E-state index contributed by atoms with van der Waals surface area (Å²) in [6, 6.07) is 8.93. The average Bonchev–Trinajstić information content (AvgIpc) is 2.78. The van der Waals surface area contributed by atoms with Crippen LogP contribution in [-0.2, 0) is 12.8 Å². The molecule has 0 amide bonds. The lowest BCUT2D eigenvalue weighted by Gasteiger charge is -2.29. The van der Waals surface area contributed by atoms with Crippen LogP contribution >= 0.6 is 0 Å². The molecule has 1 fully saturated rings. The van der Waals surface area contributed by atoms with Gasteiger partial charge in [-0.25, -0.2) is 8.78 Å². The molecule has 0 unspecified atom stereocenters. The number of halogens is 3. The minimum atomic E-state index is -0.873. The third-order valence-electron chi connectivity index (χ3n) is 6.67. The Morgan fingerprint density at radius 2 is 1.65 bits per heavy atom. The Labute approximate surface area is 185 Å². The van der Waals surface area contributed by atoms with Crippen LogP contribution in [0.1, 0.15) is 87.8 Å². The number of hydrogen-bond donors (Lipinski definition) is 0. The van der Waals surface area contributed by atoms with Crippen molar-refractivity contribution in [1.82, 2.24) is 0 Å². The van der Waals surface area contributed by atoms with Gasteiger partial charge < -0.3 is 4.74 Å². The number of rotatable bonds is 10. The van der Waals surface area contributed by atoms with Crippen LogP contribution in [0.3, 0.4) is 0 Å². The Morgan fingerprint density at radius 1 is 0.871 bits per heavy atom. The van der Waals surface area contributed by atoms with E-state index in [0.717, 1.165) is 75.3 Å². The highest BCUT2D eigenvalue weighted by atomic mass is 19.2. The van der Waals surface area contributed by atoms with E-state index in [1.165, 1.54) is 0 Å². The normalized spacial score (nSPS) is 18.9. The van der Waals surface area contributed by atoms with Crippen molar-refractivity contribution >= 4 is 0 Å². The fraction of sp³-hybridized carbons (Fsp3) is 0.556. The molecule has 0 saturated heterocycles. The van der Waals surface area contributed by atoms with Gasteiger partial charge in [0.05, 0.1) is 6.61 Å². The Morgan fingerprint density at radius 3 is 2.32 bits per heavy atom. The molecule has 31 heavy (non-hydrogen) atoms. The zero-order valence-electron chi connectivity index (χ0n) is 18.9. The molecule has 0 bridgehead atoms. The highest BCUT2D eigenvalue weighted by Gasteiger charge is 2.26. The van der Waals surface area contributed by atoms with Gasteiger partial charge >= 0.3 is 0 Å². The zero-order valence-corrected chi connectivity index (χ0v) is 18.9. The molecule has 3 rings (SSSR count). The van der Waals surface area contributed by atoms with E-state index in [0.29, 0.717) is 18.1 Å². The van der Waals surface area contributed by atoms with Gasteiger partial charge in [-0.3, -0.25) is 0 Å². The summed E-state index contributed by atoms with van der Waals surface area (Å²) in [6.45, 7) is 4.22. The van der Waals surface area contributed by atoms with E-state index in [1.54, 1.807) is 25.1 Å². The summed E-state index contributed by atoms with van der Waals surface area (Å²) >= 11 is 0. The molecule has 0 aliphatic heterocycles. The first-order valence-corrected chi connectivity index (χ1v) is 11.9. The summed E-state index contributed by atoms with van der Waals surface area (Å²) in [5.74, 6) is -1.11. The summed E-state index contributed by atoms with van der Waals surface area (Å²) in [6.07, 6.45) is 9.72. The lowest BCUT2D eigenvalue weighted by Crippen LogP contribution is -2.15. The second kappa shape index (κ2) is 11.6. The molecule has 0 radical (unpaired) electrons. The van der Waals surface area contributed by atoms with Gasteiger partial charge in [0.2, 0.25) is 5.82 Å². The van der Waals surface area contributed by atoms with Gasteiger partial charge in [0.25, 0.3) is 0 Å². The molecule has 2 aromatic rings. The van der Waals surface area contributed by atoms with E-state index in [1.807, 2.05) is 6.07 Å². The fourth-order valence-electron chi connectivity index (χ4n) is 4.78. The van der Waals surface area contributed by atoms with Gasteiger partial charge in [0.15, 0.2) is 11.6 Å². The lowest BCUT2D eigenvalue weighted by atomic mass is 9.76. The minimum Gasteiger partial charge on any atom is -0.491 e. The van der Waals surface area contributed by atoms with E-state index in [2.05, 4.69) is 13.0 Å². The summed E-state index contributed by atoms with van der Waals surface area (Å²) in [5.41, 5.74) is 2.35. The minimum absolute atomic E-state index is 0.0129. The molecule has 2 aromatic carbocycles. The predicted octanol–water partition coefficient (Wildman–Crippen LogP) is 8.14. The maximum Gasteiger partial charge on any atom is 0.200 e. The molecule has 170 valence electrons. The third kappa shape index (κ3) is 6.27. The summed E-state index contributed by atoms with van der Waals surface area (Å²) in [4.78, 5) is 0. The molecule has 1 nitrogen and oxygen atoms in total. The van der Waals surface area contributed by atoms with Crippen molar-refractivity contribution in [1.29, 1.82) is 0 Å². The average molecular weight is 433 g/mol. The van der Waals surface area contributed by atoms with Crippen molar-refractivity contribution in [2.75, 3.05) is 6.61 Å². The maximum atomic E-state index is 14.5. The van der Waals surface area contributed by atoms with Gasteiger partial charge in [-0.1, -0.05) is 38.0 Å². The van der Waals surface area contributed by atoms with Crippen molar-refractivity contribution in [2.45, 2.75) is 84.0 Å². The van der Waals surface area contributed by atoms with Gasteiger partial charge in [-0.15, -0.1) is 0 Å². The Bertz CT molecular complexity index is 841. The van der Waals surface area contributed by atoms with Crippen molar-refractivity contribution in [2.24, 2.45) is 5.92 Å². The monoisotopic (exact) mass is 432 g/mol. The van der Waals surface area contributed by atoms with Gasteiger partial charge in [0, 0.05) is 0 Å². The predicted molar refractivity (Wildman–Crippen MR) is 120 cm³/mol. The van der Waals surface area contributed by atoms with Crippen LogP contribution in [0.15, 0.2) is 30.3 Å². The second-order valence-electron chi connectivity index (χ2n) is 8.85. The highest BCUT2D eigenvalue weighted by Crippen LogP contribution is 2.40. The Hall–Kier alpha value is -1.97. The molecule has 0 heterocycles. The SMILES string of the molecule is CCCCCc1ccc(CCC2CCC(c3ccc(OCC)c(F)c3F)CC2)cc1F. The van der Waals surface area contributed by atoms with Crippen LogP contribution in [0, 0.1) is 23.4 Å². The van der Waals surface area contributed by atoms with Crippen molar-refractivity contribution < 1.29 is 17.9 Å². The molecule has 0 atom stereocenters. The molecule has 0 spiro atoms. The number of hydrogen-bond acceptors (Lipinski definition) is 1. The molecule has 0 aromatic heterocycles. The van der Waals surface area contributed by atoms with E-state index in [4.69, 9.17) is 4.74 Å². The molecule has 1 saturated carbocycles. The first-order chi connectivity index (χ1) is 15.0. The largest absolute Gasteiger partial charge is 0.491 e. The first-order valence-electron chi connectivity index (χ1n) is 11.9. The summed E-state index contributed by atoms with van der Waals surface area (Å²) < 4.78 is 48.2. The summed E-state index contributed by atoms with van der Waals surface area (Å²) in [5, 5.41) is 0. The van der Waals surface area contributed by atoms with Crippen LogP contribution in [0.2, 0.25) is 0 Å². The van der Waals surface area contributed by atoms with Crippen molar-refractivity contribution in [3.8, 4) is 5.75 Å². The van der Waals surface area contributed by atoms with E-state index in [-0.39, 0.29) is 17.5 Å². The van der Waals surface area contributed by atoms with E-state index >= 15 is 0 Å². The molecule has 1 aliphatic carbocycles. The van der Waals surface area contributed by atoms with Crippen LogP contribution in [0.4, 0.5) is 13.2 Å². The van der Waals surface area contributed by atoms with Crippen LogP contribution in [0.25, 0.3) is 0 Å². The number of ether oxygens (including phenoxy) is 1. The smallest absolute Gasteiger partial charge is 0.200 e. The molecular formula is C27H35F3O. The van der Waals surface area contributed by atoms with E-state index < -0.39 is 11.6 Å². The van der Waals surface area contributed by atoms with Gasteiger partial charge in [0.1, 0.15) is 5.82 Å². The fourth-order valence-corrected chi connectivity index (χ4v) is 4.78. The zero-order chi connectivity index (χ0) is 22.2. The Kier molecular flexibility index (Phi) is 8.86. The number of aryl methyl sites for hydroxylation is 2. The third-order valence-corrected chi connectivity index (χ3v) is 6.67. The first kappa shape index (κ1) is 23.7. The number of unbranched alkanes of at least 4 members (excludes halogenated alkanes) is 2.